The van der Waals surface area contributed by atoms with Crippen LogP contribution < -0.4 is 20.2 Å². The van der Waals surface area contributed by atoms with Gasteiger partial charge in [0.15, 0.2) is 11.5 Å². The number of hydrogen-bond acceptors (Lipinski definition) is 6. The number of nitrogens with zero attached hydrogens (tertiary/aromatic N) is 1. The zero-order chi connectivity index (χ0) is 25.3. The molecule has 3 aromatic carbocycles. The summed E-state index contributed by atoms with van der Waals surface area (Å²) in [5.41, 5.74) is 5.95. The van der Waals surface area contributed by atoms with Gasteiger partial charge in [0, 0.05) is 26.6 Å². The Labute approximate surface area is 213 Å². The molecule has 36 heavy (non-hydrogen) atoms. The van der Waals surface area contributed by atoms with E-state index in [0.29, 0.717) is 23.5 Å². The van der Waals surface area contributed by atoms with E-state index in [-0.39, 0.29) is 6.54 Å². The zero-order valence-electron chi connectivity index (χ0n) is 20.1. The van der Waals surface area contributed by atoms with Crippen molar-refractivity contribution >= 4 is 38.9 Å². The van der Waals surface area contributed by atoms with Gasteiger partial charge in [0.25, 0.3) is 11.8 Å². The number of carbonyl (C=O) groups excluding carboxylic acids is 2. The summed E-state index contributed by atoms with van der Waals surface area (Å²) >= 11 is 1.65. The van der Waals surface area contributed by atoms with E-state index in [9.17, 15) is 9.59 Å². The van der Waals surface area contributed by atoms with E-state index in [0.717, 1.165) is 27.8 Å². The molecule has 4 rings (SSSR count). The molecule has 0 aliphatic carbocycles. The van der Waals surface area contributed by atoms with Gasteiger partial charge in [-0.2, -0.15) is 5.10 Å². The molecule has 0 saturated carbocycles. The summed E-state index contributed by atoms with van der Waals surface area (Å²) in [4.78, 5) is 25.1. The quantitative estimate of drug-likeness (QED) is 0.241. The summed E-state index contributed by atoms with van der Waals surface area (Å²) in [5.74, 6) is 0.138. The highest BCUT2D eigenvalue weighted by molar-refractivity contribution is 7.17. The van der Waals surface area contributed by atoms with Crippen LogP contribution in [0.3, 0.4) is 0 Å². The zero-order valence-corrected chi connectivity index (χ0v) is 20.9. The predicted octanol–water partition coefficient (Wildman–Crippen LogP) is 4.80. The van der Waals surface area contributed by atoms with Gasteiger partial charge in [-0.3, -0.25) is 9.59 Å². The maximum atomic E-state index is 12.5. The van der Waals surface area contributed by atoms with Crippen molar-refractivity contribution in [1.82, 2.24) is 10.7 Å². The van der Waals surface area contributed by atoms with Gasteiger partial charge in [-0.1, -0.05) is 48.5 Å². The number of nitrogens with one attached hydrogen (secondary N) is 2. The van der Waals surface area contributed by atoms with Crippen molar-refractivity contribution in [2.24, 2.45) is 5.10 Å². The Morgan fingerprint density at radius 1 is 0.917 bits per heavy atom. The monoisotopic (exact) mass is 501 g/mol. The minimum absolute atomic E-state index is 0.215. The smallest absolute Gasteiger partial charge is 0.259 e. The fraction of sp³-hybridized carbons (Fsp3) is 0.179. The summed E-state index contributed by atoms with van der Waals surface area (Å²) in [5, 5.41) is 10.3. The van der Waals surface area contributed by atoms with Crippen LogP contribution in [0.4, 0.5) is 0 Å². The van der Waals surface area contributed by atoms with Crippen molar-refractivity contribution in [3.8, 4) is 11.5 Å². The topological polar surface area (TPSA) is 89.0 Å². The second kappa shape index (κ2) is 12.0. The van der Waals surface area contributed by atoms with Gasteiger partial charge in [-0.25, -0.2) is 5.43 Å². The van der Waals surface area contributed by atoms with Crippen LogP contribution in [0.1, 0.15) is 27.9 Å². The second-order valence-electron chi connectivity index (χ2n) is 7.98. The number of methoxy groups -OCH3 is 2. The summed E-state index contributed by atoms with van der Waals surface area (Å²) in [7, 11) is 3.02. The van der Waals surface area contributed by atoms with Crippen LogP contribution in [-0.4, -0.2) is 38.3 Å². The van der Waals surface area contributed by atoms with Crippen LogP contribution >= 0.6 is 11.3 Å². The second-order valence-corrected chi connectivity index (χ2v) is 8.89. The van der Waals surface area contributed by atoms with Gasteiger partial charge in [-0.15, -0.1) is 11.3 Å². The number of aryl methyl sites for hydroxylation is 1. The van der Waals surface area contributed by atoms with Gasteiger partial charge in [0.1, 0.15) is 0 Å². The Hall–Kier alpha value is -4.17. The third-order valence-corrected chi connectivity index (χ3v) is 6.62. The summed E-state index contributed by atoms with van der Waals surface area (Å²) in [6.07, 6.45) is 1.44. The molecule has 0 aliphatic rings. The SMILES string of the molecule is COc1ccc(C(=O)NCC(=O)N/N=C(\CCc2ccccc2)c2csc3ccccc23)cc1OC. The molecule has 0 bridgehead atoms. The van der Waals surface area contributed by atoms with E-state index in [4.69, 9.17) is 9.47 Å². The first-order chi connectivity index (χ1) is 17.6. The van der Waals surface area contributed by atoms with Crippen LogP contribution in [0.5, 0.6) is 11.5 Å². The van der Waals surface area contributed by atoms with Gasteiger partial charge in [0.05, 0.1) is 26.5 Å². The number of ether oxygens (including phenoxy) is 2. The van der Waals surface area contributed by atoms with Crippen molar-refractivity contribution in [1.29, 1.82) is 0 Å². The van der Waals surface area contributed by atoms with Crippen LogP contribution in [0.25, 0.3) is 10.1 Å². The van der Waals surface area contributed by atoms with E-state index in [1.807, 2.05) is 30.3 Å². The lowest BCUT2D eigenvalue weighted by Crippen LogP contribution is -2.35. The molecule has 0 aliphatic heterocycles. The van der Waals surface area contributed by atoms with Gasteiger partial charge < -0.3 is 14.8 Å². The average Bonchev–Trinajstić information content (AvgIpc) is 3.36. The molecule has 8 heteroatoms. The molecule has 4 aromatic rings. The van der Waals surface area contributed by atoms with Crippen molar-refractivity contribution < 1.29 is 19.1 Å². The largest absolute Gasteiger partial charge is 0.493 e. The first kappa shape index (κ1) is 24.9. The standard InChI is InChI=1S/C28H27N3O4S/c1-34-24-15-13-20(16-25(24)35-2)28(33)29-17-27(32)31-30-23(14-12-19-8-4-3-5-9-19)22-18-36-26-11-7-6-10-21(22)26/h3-11,13,15-16,18H,12,14,17H2,1-2H3,(H,29,33)(H,31,32)/b30-23+. The first-order valence-corrected chi connectivity index (χ1v) is 12.3. The van der Waals surface area contributed by atoms with E-state index < -0.39 is 11.8 Å². The van der Waals surface area contributed by atoms with Crippen molar-refractivity contribution in [3.05, 3.63) is 94.9 Å². The van der Waals surface area contributed by atoms with E-state index in [1.165, 1.54) is 19.8 Å². The molecule has 184 valence electrons. The summed E-state index contributed by atoms with van der Waals surface area (Å²) < 4.78 is 11.6. The normalized spacial score (nSPS) is 11.2. The van der Waals surface area contributed by atoms with Crippen LogP contribution in [0.2, 0.25) is 0 Å². The maximum absolute atomic E-state index is 12.5. The summed E-state index contributed by atoms with van der Waals surface area (Å²) in [6, 6.07) is 23.1. The molecule has 0 fully saturated rings. The third-order valence-electron chi connectivity index (χ3n) is 5.66. The van der Waals surface area contributed by atoms with Crippen molar-refractivity contribution in [2.45, 2.75) is 12.8 Å². The fourth-order valence-electron chi connectivity index (χ4n) is 3.77. The lowest BCUT2D eigenvalue weighted by Gasteiger charge is -2.10. The molecular formula is C28H27N3O4S. The van der Waals surface area contributed by atoms with Crippen LogP contribution in [0.15, 0.2) is 83.3 Å². The Morgan fingerprint density at radius 3 is 2.44 bits per heavy atom. The van der Waals surface area contributed by atoms with Crippen molar-refractivity contribution in [3.63, 3.8) is 0 Å². The molecule has 0 unspecified atom stereocenters. The highest BCUT2D eigenvalue weighted by atomic mass is 32.1. The van der Waals surface area contributed by atoms with E-state index >= 15 is 0 Å². The molecular weight excluding hydrogens is 474 g/mol. The fourth-order valence-corrected chi connectivity index (χ4v) is 4.74. The minimum Gasteiger partial charge on any atom is -0.493 e. The van der Waals surface area contributed by atoms with E-state index in [1.54, 1.807) is 29.5 Å². The number of hydrogen-bond donors (Lipinski definition) is 2. The Morgan fingerprint density at radius 2 is 1.67 bits per heavy atom. The number of rotatable bonds is 10. The van der Waals surface area contributed by atoms with Gasteiger partial charge in [0.2, 0.25) is 0 Å². The van der Waals surface area contributed by atoms with Crippen molar-refractivity contribution in [2.75, 3.05) is 20.8 Å². The van der Waals surface area contributed by atoms with Crippen LogP contribution in [-0.2, 0) is 11.2 Å². The number of benzene rings is 3. The molecule has 0 spiro atoms. The lowest BCUT2D eigenvalue weighted by atomic mass is 10.0. The molecule has 7 nitrogen and oxygen atoms in total. The average molecular weight is 502 g/mol. The van der Waals surface area contributed by atoms with Crippen LogP contribution in [0, 0.1) is 0 Å². The maximum Gasteiger partial charge on any atom is 0.259 e. The molecule has 0 atom stereocenters. The highest BCUT2D eigenvalue weighted by Crippen LogP contribution is 2.28. The molecule has 2 N–H and O–H groups in total. The Kier molecular flexibility index (Phi) is 8.31. The summed E-state index contributed by atoms with van der Waals surface area (Å²) in [6.45, 7) is -0.215. The van der Waals surface area contributed by atoms with E-state index in [2.05, 4.69) is 45.5 Å². The lowest BCUT2D eigenvalue weighted by molar-refractivity contribution is -0.120. The first-order valence-electron chi connectivity index (χ1n) is 11.4. The molecule has 2 amide bonds. The molecule has 1 heterocycles. The number of hydrazone groups is 1. The number of fused-ring (bicyclic) bond motifs is 1. The number of amides is 2. The number of thiophene rings is 1. The predicted molar refractivity (Wildman–Crippen MR) is 143 cm³/mol. The number of carbonyl (C=O) groups is 2. The van der Waals surface area contributed by atoms with Gasteiger partial charge >= 0.3 is 0 Å². The Bertz CT molecular complexity index is 1380. The molecule has 0 radical (unpaired) electrons. The molecule has 0 saturated heterocycles. The molecule has 1 aromatic heterocycles. The minimum atomic E-state index is -0.416. The third kappa shape index (κ3) is 6.09. The van der Waals surface area contributed by atoms with Gasteiger partial charge in [-0.05, 0) is 42.7 Å². The highest BCUT2D eigenvalue weighted by Gasteiger charge is 2.14. The Balaban J connectivity index is 1.44.